The average Bonchev–Trinajstić information content (AvgIpc) is 2.75. The number of hydrogen-bond donors (Lipinski definition) is 1. The van der Waals surface area contributed by atoms with Gasteiger partial charge in [-0.2, -0.15) is 0 Å². The van der Waals surface area contributed by atoms with Gasteiger partial charge in [0.2, 0.25) is 11.8 Å². The van der Waals surface area contributed by atoms with E-state index in [4.69, 9.17) is 11.6 Å². The Balaban J connectivity index is 1.43. The van der Waals surface area contributed by atoms with Crippen LogP contribution >= 0.6 is 11.6 Å². The molecule has 0 aliphatic carbocycles. The number of carbonyl (C=O) groups is 2. The van der Waals surface area contributed by atoms with Gasteiger partial charge in [0.15, 0.2) is 0 Å². The maximum Gasteiger partial charge on any atom is 0.238 e. The fourth-order valence-corrected chi connectivity index (χ4v) is 3.87. The summed E-state index contributed by atoms with van der Waals surface area (Å²) >= 11 is 6.07. The number of nitrogens with one attached hydrogen (secondary N) is 1. The van der Waals surface area contributed by atoms with Crippen LogP contribution in [0.15, 0.2) is 54.6 Å². The molecule has 2 aromatic carbocycles. The molecule has 0 bridgehead atoms. The Morgan fingerprint density at radius 2 is 1.63 bits per heavy atom. The SMILES string of the molecule is C[C@@H](c1ccccc1)N1CCN(C(=O)CN(C)CC(=O)Nc2ccccc2Cl)CC1. The first kappa shape index (κ1) is 22.3. The molecule has 1 atom stereocenters. The number of halogens is 1. The van der Waals surface area contributed by atoms with Crippen LogP contribution in [0.2, 0.25) is 5.02 Å². The van der Waals surface area contributed by atoms with Gasteiger partial charge in [0, 0.05) is 32.2 Å². The van der Waals surface area contributed by atoms with Crippen molar-refractivity contribution >= 4 is 29.1 Å². The lowest BCUT2D eigenvalue weighted by Crippen LogP contribution is -2.51. The maximum absolute atomic E-state index is 12.7. The summed E-state index contributed by atoms with van der Waals surface area (Å²) in [7, 11) is 1.78. The molecule has 1 N–H and O–H groups in total. The molecule has 1 heterocycles. The van der Waals surface area contributed by atoms with Gasteiger partial charge < -0.3 is 10.2 Å². The van der Waals surface area contributed by atoms with Crippen LogP contribution in [0.1, 0.15) is 18.5 Å². The van der Waals surface area contributed by atoms with E-state index in [0.29, 0.717) is 29.8 Å². The fourth-order valence-electron chi connectivity index (χ4n) is 3.69. The molecular formula is C23H29ClN4O2. The summed E-state index contributed by atoms with van der Waals surface area (Å²) in [5.41, 5.74) is 1.87. The summed E-state index contributed by atoms with van der Waals surface area (Å²) in [6.45, 7) is 5.65. The Morgan fingerprint density at radius 3 is 2.30 bits per heavy atom. The highest BCUT2D eigenvalue weighted by molar-refractivity contribution is 6.33. The number of hydrogen-bond acceptors (Lipinski definition) is 4. The van der Waals surface area contributed by atoms with Crippen molar-refractivity contribution < 1.29 is 9.59 Å². The maximum atomic E-state index is 12.7. The van der Waals surface area contributed by atoms with Gasteiger partial charge in [-0.25, -0.2) is 0 Å². The lowest BCUT2D eigenvalue weighted by atomic mass is 10.1. The summed E-state index contributed by atoms with van der Waals surface area (Å²) in [5.74, 6) is -0.144. The molecule has 1 fully saturated rings. The molecule has 1 aliphatic rings. The molecule has 0 spiro atoms. The number of rotatable bonds is 7. The minimum atomic E-state index is -0.195. The van der Waals surface area contributed by atoms with E-state index in [-0.39, 0.29) is 24.9 Å². The molecule has 3 rings (SSSR count). The minimum absolute atomic E-state index is 0.0510. The summed E-state index contributed by atoms with van der Waals surface area (Å²) in [6.07, 6.45) is 0. The second-order valence-corrected chi connectivity index (χ2v) is 8.11. The van der Waals surface area contributed by atoms with Crippen molar-refractivity contribution in [3.05, 3.63) is 65.2 Å². The van der Waals surface area contributed by atoms with Crippen LogP contribution in [0.25, 0.3) is 0 Å². The van der Waals surface area contributed by atoms with Crippen LogP contribution < -0.4 is 5.32 Å². The van der Waals surface area contributed by atoms with Crippen LogP contribution in [0, 0.1) is 0 Å². The van der Waals surface area contributed by atoms with Gasteiger partial charge in [-0.3, -0.25) is 19.4 Å². The highest BCUT2D eigenvalue weighted by Crippen LogP contribution is 2.22. The highest BCUT2D eigenvalue weighted by atomic mass is 35.5. The van der Waals surface area contributed by atoms with Crippen molar-refractivity contribution in [1.29, 1.82) is 0 Å². The molecule has 160 valence electrons. The summed E-state index contributed by atoms with van der Waals surface area (Å²) < 4.78 is 0. The number of amides is 2. The van der Waals surface area contributed by atoms with Crippen LogP contribution in [0.5, 0.6) is 0 Å². The van der Waals surface area contributed by atoms with Gasteiger partial charge in [0.25, 0.3) is 0 Å². The van der Waals surface area contributed by atoms with Crippen molar-refractivity contribution in [1.82, 2.24) is 14.7 Å². The largest absolute Gasteiger partial charge is 0.339 e. The number of carbonyl (C=O) groups excluding carboxylic acids is 2. The monoisotopic (exact) mass is 428 g/mol. The van der Waals surface area contributed by atoms with E-state index in [2.05, 4.69) is 41.4 Å². The average molecular weight is 429 g/mol. The van der Waals surface area contributed by atoms with Crippen LogP contribution in [-0.4, -0.2) is 72.8 Å². The zero-order valence-corrected chi connectivity index (χ0v) is 18.3. The lowest BCUT2D eigenvalue weighted by Gasteiger charge is -2.38. The van der Waals surface area contributed by atoms with Crippen molar-refractivity contribution in [2.75, 3.05) is 51.6 Å². The number of para-hydroxylation sites is 1. The normalized spacial score (nSPS) is 15.8. The Morgan fingerprint density at radius 1 is 1.00 bits per heavy atom. The summed E-state index contributed by atoms with van der Waals surface area (Å²) in [6, 6.07) is 17.9. The van der Waals surface area contributed by atoms with E-state index in [1.165, 1.54) is 5.56 Å². The second-order valence-electron chi connectivity index (χ2n) is 7.70. The quantitative estimate of drug-likeness (QED) is 0.736. The Kier molecular flexibility index (Phi) is 7.85. The third kappa shape index (κ3) is 6.05. The van der Waals surface area contributed by atoms with E-state index >= 15 is 0 Å². The molecule has 0 aromatic heterocycles. The minimum Gasteiger partial charge on any atom is -0.339 e. The van der Waals surface area contributed by atoms with E-state index in [0.717, 1.165) is 13.1 Å². The van der Waals surface area contributed by atoms with E-state index < -0.39 is 0 Å². The molecule has 7 heteroatoms. The third-order valence-electron chi connectivity index (χ3n) is 5.46. The van der Waals surface area contributed by atoms with Crippen LogP contribution in [0.4, 0.5) is 5.69 Å². The van der Waals surface area contributed by atoms with Gasteiger partial charge in [-0.15, -0.1) is 0 Å². The number of nitrogens with zero attached hydrogens (tertiary/aromatic N) is 3. The molecule has 0 unspecified atom stereocenters. The summed E-state index contributed by atoms with van der Waals surface area (Å²) in [5, 5.41) is 3.28. The van der Waals surface area contributed by atoms with Gasteiger partial charge in [0.05, 0.1) is 23.8 Å². The third-order valence-corrected chi connectivity index (χ3v) is 5.79. The fraction of sp³-hybridized carbons (Fsp3) is 0.391. The number of benzene rings is 2. The topological polar surface area (TPSA) is 55.9 Å². The first-order chi connectivity index (χ1) is 14.4. The molecule has 0 saturated carbocycles. The van der Waals surface area contributed by atoms with Gasteiger partial charge in [-0.1, -0.05) is 54.1 Å². The van der Waals surface area contributed by atoms with E-state index in [1.807, 2.05) is 23.1 Å². The smallest absolute Gasteiger partial charge is 0.238 e. The standard InChI is InChI=1S/C23H29ClN4O2/c1-18(19-8-4-3-5-9-19)27-12-14-28(15-13-27)23(30)17-26(2)16-22(29)25-21-11-7-6-10-20(21)24/h3-11,18H,12-17H2,1-2H3,(H,25,29)/t18-/m0/s1. The zero-order chi connectivity index (χ0) is 21.5. The zero-order valence-electron chi connectivity index (χ0n) is 17.6. The molecule has 2 amide bonds. The molecular weight excluding hydrogens is 400 g/mol. The molecule has 1 saturated heterocycles. The van der Waals surface area contributed by atoms with Crippen molar-refractivity contribution in [2.24, 2.45) is 0 Å². The Labute approximate surface area is 183 Å². The van der Waals surface area contributed by atoms with Crippen molar-refractivity contribution in [3.8, 4) is 0 Å². The van der Waals surface area contributed by atoms with Crippen LogP contribution in [-0.2, 0) is 9.59 Å². The second kappa shape index (κ2) is 10.6. The highest BCUT2D eigenvalue weighted by Gasteiger charge is 2.25. The molecule has 30 heavy (non-hydrogen) atoms. The Hall–Kier alpha value is -2.41. The van der Waals surface area contributed by atoms with Gasteiger partial charge in [-0.05, 0) is 31.7 Å². The predicted molar refractivity (Wildman–Crippen MR) is 121 cm³/mol. The predicted octanol–water partition coefficient (Wildman–Crippen LogP) is 3.12. The molecule has 2 aromatic rings. The number of anilines is 1. The molecule has 1 aliphatic heterocycles. The Bertz CT molecular complexity index is 853. The van der Waals surface area contributed by atoms with Crippen LogP contribution in [0.3, 0.4) is 0 Å². The van der Waals surface area contributed by atoms with Gasteiger partial charge in [0.1, 0.15) is 0 Å². The van der Waals surface area contributed by atoms with Gasteiger partial charge >= 0.3 is 0 Å². The van der Waals surface area contributed by atoms with E-state index in [9.17, 15) is 9.59 Å². The number of likely N-dealkylation sites (N-methyl/N-ethyl adjacent to an activating group) is 1. The molecule has 6 nitrogen and oxygen atoms in total. The first-order valence-electron chi connectivity index (χ1n) is 10.2. The molecule has 0 radical (unpaired) electrons. The van der Waals surface area contributed by atoms with Crippen molar-refractivity contribution in [3.63, 3.8) is 0 Å². The first-order valence-corrected chi connectivity index (χ1v) is 10.6. The van der Waals surface area contributed by atoms with E-state index in [1.54, 1.807) is 24.1 Å². The number of piperazine rings is 1. The summed E-state index contributed by atoms with van der Waals surface area (Å²) in [4.78, 5) is 30.9. The lowest BCUT2D eigenvalue weighted by molar-refractivity contribution is -0.134. The van der Waals surface area contributed by atoms with Crippen molar-refractivity contribution in [2.45, 2.75) is 13.0 Å².